The number of ether oxygens (including phenoxy) is 1. The lowest BCUT2D eigenvalue weighted by Crippen LogP contribution is -2.47. The Morgan fingerprint density at radius 3 is 2.18 bits per heavy atom. The molecule has 0 aromatic carbocycles. The van der Waals surface area contributed by atoms with E-state index in [4.69, 9.17) is 0 Å². The summed E-state index contributed by atoms with van der Waals surface area (Å²) in [7, 11) is 0. The van der Waals surface area contributed by atoms with Crippen LogP contribution in [-0.4, -0.2) is 30.8 Å². The third-order valence-electron chi connectivity index (χ3n) is 1.91. The highest BCUT2D eigenvalue weighted by molar-refractivity contribution is 5.81. The van der Waals surface area contributed by atoms with Crippen molar-refractivity contribution in [2.45, 2.75) is 31.1 Å². The van der Waals surface area contributed by atoms with E-state index in [-0.39, 0.29) is 0 Å². The number of carbonyl (C=O) groups excluding carboxylic acids is 1. The van der Waals surface area contributed by atoms with Crippen LogP contribution in [0, 0.1) is 0 Å². The molecule has 0 amide bonds. The van der Waals surface area contributed by atoms with Gasteiger partial charge in [0.05, 0.1) is 6.61 Å². The zero-order valence-corrected chi connectivity index (χ0v) is 8.57. The highest BCUT2D eigenvalue weighted by Crippen LogP contribution is 2.42. The smallest absolute Gasteiger partial charge is 0.428 e. The fourth-order valence-electron chi connectivity index (χ4n) is 0.936. The van der Waals surface area contributed by atoms with Crippen LogP contribution in [0.1, 0.15) is 12.8 Å². The zero-order chi connectivity index (χ0) is 13.7. The molecule has 0 radical (unpaired) electrons. The number of carbonyl (C=O) groups is 1. The maximum absolute atomic E-state index is 13.0. The van der Waals surface area contributed by atoms with Crippen molar-refractivity contribution in [1.82, 2.24) is 0 Å². The van der Waals surface area contributed by atoms with Gasteiger partial charge in [0, 0.05) is 6.08 Å². The van der Waals surface area contributed by atoms with E-state index in [1.54, 1.807) is 0 Å². The van der Waals surface area contributed by atoms with Gasteiger partial charge in [-0.2, -0.15) is 13.2 Å². The Morgan fingerprint density at radius 1 is 1.29 bits per heavy atom. The van der Waals surface area contributed by atoms with Gasteiger partial charge in [-0.25, -0.2) is 18.0 Å². The predicted octanol–water partition coefficient (Wildman–Crippen LogP) is 3.03. The quantitative estimate of drug-likeness (QED) is 0.319. The lowest BCUT2D eigenvalue weighted by atomic mass is 10.00. The highest BCUT2D eigenvalue weighted by atomic mass is 19.4. The molecule has 0 saturated heterocycles. The fourth-order valence-corrected chi connectivity index (χ4v) is 0.936. The monoisotopic (exact) mass is 264 g/mol. The molecule has 1 unspecified atom stereocenters. The normalized spacial score (nSPS) is 15.5. The summed E-state index contributed by atoms with van der Waals surface area (Å²) in [6.45, 7) is 2.42. The van der Waals surface area contributed by atoms with E-state index in [1.807, 2.05) is 0 Å². The van der Waals surface area contributed by atoms with Crippen molar-refractivity contribution in [3.8, 4) is 0 Å². The molecule has 2 nitrogen and oxygen atoms in total. The second-order valence-corrected chi connectivity index (χ2v) is 3.14. The van der Waals surface area contributed by atoms with Gasteiger partial charge in [0.25, 0.3) is 12.1 Å². The van der Waals surface area contributed by atoms with Crippen molar-refractivity contribution >= 4 is 5.97 Å². The lowest BCUT2D eigenvalue weighted by Gasteiger charge is -2.26. The number of hydrogen-bond acceptors (Lipinski definition) is 2. The summed E-state index contributed by atoms with van der Waals surface area (Å²) in [5.41, 5.74) is -4.58. The molecule has 8 heteroatoms. The summed E-state index contributed by atoms with van der Waals surface area (Å²) < 4.78 is 77.3. The summed E-state index contributed by atoms with van der Waals surface area (Å²) in [5.74, 6) is -0.918. The molecule has 0 heterocycles. The summed E-state index contributed by atoms with van der Waals surface area (Å²) in [6.07, 6.45) is -11.2. The molecule has 0 aliphatic rings. The Balaban J connectivity index is 4.30. The number of hydrogen-bond donors (Lipinski definition) is 0. The molecule has 0 spiro atoms. The molecule has 17 heavy (non-hydrogen) atoms. The van der Waals surface area contributed by atoms with Crippen molar-refractivity contribution < 1.29 is 35.9 Å². The Hall–Kier alpha value is -1.21. The maximum atomic E-state index is 13.0. The second kappa shape index (κ2) is 5.92. The molecule has 100 valence electrons. The van der Waals surface area contributed by atoms with Gasteiger partial charge >= 0.3 is 12.1 Å². The summed E-state index contributed by atoms with van der Waals surface area (Å²) in [4.78, 5) is 10.5. The van der Waals surface area contributed by atoms with E-state index in [2.05, 4.69) is 11.3 Å². The first-order valence-corrected chi connectivity index (χ1v) is 4.48. The number of alkyl halides is 6. The van der Waals surface area contributed by atoms with Gasteiger partial charge < -0.3 is 4.74 Å². The Morgan fingerprint density at radius 2 is 1.82 bits per heavy atom. The molecular weight excluding hydrogens is 254 g/mol. The van der Waals surface area contributed by atoms with Gasteiger partial charge in [0.2, 0.25) is 0 Å². The van der Waals surface area contributed by atoms with E-state index in [1.165, 1.54) is 0 Å². The van der Waals surface area contributed by atoms with Crippen LogP contribution in [0.3, 0.4) is 0 Å². The number of halogens is 6. The SMILES string of the molecule is C=CC(=O)OCCCC(F)(C(F)F)C(F)(F)F. The van der Waals surface area contributed by atoms with Crippen LogP contribution in [0.2, 0.25) is 0 Å². The molecule has 0 aromatic heterocycles. The van der Waals surface area contributed by atoms with Crippen LogP contribution >= 0.6 is 0 Å². The first-order chi connectivity index (χ1) is 7.65. The highest BCUT2D eigenvalue weighted by Gasteiger charge is 2.61. The summed E-state index contributed by atoms with van der Waals surface area (Å²) >= 11 is 0. The maximum Gasteiger partial charge on any atom is 0.428 e. The largest absolute Gasteiger partial charge is 0.463 e. The minimum Gasteiger partial charge on any atom is -0.463 e. The molecular formula is C9H10F6O2. The standard InChI is InChI=1S/C9H10F6O2/c1-2-6(16)17-5-3-4-8(12,7(10)11)9(13,14)15/h2,7H,1,3-5H2. The zero-order valence-electron chi connectivity index (χ0n) is 8.57. The molecule has 0 fully saturated rings. The average molecular weight is 264 g/mol. The first-order valence-electron chi connectivity index (χ1n) is 4.48. The Labute approximate surface area is 93.2 Å². The van der Waals surface area contributed by atoms with Gasteiger partial charge in [-0.1, -0.05) is 6.58 Å². The molecule has 1 atom stereocenters. The van der Waals surface area contributed by atoms with Gasteiger partial charge in [-0.15, -0.1) is 0 Å². The number of esters is 1. The molecule has 0 aliphatic heterocycles. The minimum absolute atomic E-state index is 0.584. The Bertz CT molecular complexity index is 275. The molecule has 0 saturated carbocycles. The van der Waals surface area contributed by atoms with E-state index in [9.17, 15) is 31.1 Å². The molecule has 0 N–H and O–H groups in total. The van der Waals surface area contributed by atoms with Crippen molar-refractivity contribution in [3.05, 3.63) is 12.7 Å². The van der Waals surface area contributed by atoms with Gasteiger partial charge in [-0.05, 0) is 12.8 Å². The van der Waals surface area contributed by atoms with E-state index >= 15 is 0 Å². The molecule has 0 aliphatic carbocycles. The lowest BCUT2D eigenvalue weighted by molar-refractivity contribution is -0.270. The van der Waals surface area contributed by atoms with Gasteiger partial charge in [0.1, 0.15) is 0 Å². The average Bonchev–Trinajstić information content (AvgIpc) is 2.21. The van der Waals surface area contributed by atoms with Crippen LogP contribution in [-0.2, 0) is 9.53 Å². The van der Waals surface area contributed by atoms with Gasteiger partial charge in [-0.3, -0.25) is 0 Å². The minimum atomic E-state index is -5.66. The van der Waals surface area contributed by atoms with E-state index in [0.717, 1.165) is 6.08 Å². The number of rotatable bonds is 6. The van der Waals surface area contributed by atoms with Gasteiger partial charge in [0.15, 0.2) is 0 Å². The third kappa shape index (κ3) is 4.27. The van der Waals surface area contributed by atoms with E-state index < -0.39 is 43.7 Å². The second-order valence-electron chi connectivity index (χ2n) is 3.14. The Kier molecular flexibility index (Phi) is 5.50. The topological polar surface area (TPSA) is 26.3 Å². The van der Waals surface area contributed by atoms with Crippen molar-refractivity contribution in [2.24, 2.45) is 0 Å². The first kappa shape index (κ1) is 15.8. The van der Waals surface area contributed by atoms with Crippen LogP contribution in [0.15, 0.2) is 12.7 Å². The van der Waals surface area contributed by atoms with Crippen molar-refractivity contribution in [3.63, 3.8) is 0 Å². The van der Waals surface area contributed by atoms with Crippen molar-refractivity contribution in [1.29, 1.82) is 0 Å². The third-order valence-corrected chi connectivity index (χ3v) is 1.91. The van der Waals surface area contributed by atoms with Crippen LogP contribution in [0.4, 0.5) is 26.3 Å². The van der Waals surface area contributed by atoms with Crippen LogP contribution in [0.5, 0.6) is 0 Å². The van der Waals surface area contributed by atoms with Crippen LogP contribution < -0.4 is 0 Å². The predicted molar refractivity (Wildman–Crippen MR) is 46.3 cm³/mol. The summed E-state index contributed by atoms with van der Waals surface area (Å²) in [5, 5.41) is 0. The van der Waals surface area contributed by atoms with Crippen LogP contribution in [0.25, 0.3) is 0 Å². The molecule has 0 aromatic rings. The van der Waals surface area contributed by atoms with Crippen molar-refractivity contribution in [2.75, 3.05) is 6.61 Å². The summed E-state index contributed by atoms with van der Waals surface area (Å²) in [6, 6.07) is 0. The fraction of sp³-hybridized carbons (Fsp3) is 0.667. The molecule has 0 bridgehead atoms. The molecule has 0 rings (SSSR count). The van der Waals surface area contributed by atoms with E-state index in [0.29, 0.717) is 0 Å².